The second kappa shape index (κ2) is 7.38. The van der Waals surface area contributed by atoms with Crippen molar-refractivity contribution in [2.75, 3.05) is 50.2 Å². The number of carbonyl (C=O) groups is 1. The Morgan fingerprint density at radius 3 is 2.36 bits per heavy atom. The first-order chi connectivity index (χ1) is 12.1. The average molecular weight is 345 g/mol. The van der Waals surface area contributed by atoms with Crippen molar-refractivity contribution in [3.63, 3.8) is 0 Å². The van der Waals surface area contributed by atoms with Crippen LogP contribution >= 0.6 is 0 Å². The summed E-state index contributed by atoms with van der Waals surface area (Å²) in [5.74, 6) is 0.261. The SMILES string of the molecule is COC(=O)c1ccc(N2CCN(c3ccccc3F)CC2)nc1OC. The minimum absolute atomic E-state index is 0.210. The Balaban J connectivity index is 1.73. The summed E-state index contributed by atoms with van der Waals surface area (Å²) in [6, 6.07) is 10.2. The minimum atomic E-state index is -0.486. The number of ether oxygens (including phenoxy) is 2. The third-order valence-corrected chi connectivity index (χ3v) is 4.24. The van der Waals surface area contributed by atoms with Crippen molar-refractivity contribution in [1.82, 2.24) is 4.98 Å². The van der Waals surface area contributed by atoms with Crippen LogP contribution in [0.4, 0.5) is 15.9 Å². The molecule has 0 radical (unpaired) electrons. The number of carbonyl (C=O) groups excluding carboxylic acids is 1. The number of hydrogen-bond donors (Lipinski definition) is 0. The first-order valence-electron chi connectivity index (χ1n) is 8.02. The first-order valence-corrected chi connectivity index (χ1v) is 8.02. The van der Waals surface area contributed by atoms with Gasteiger partial charge >= 0.3 is 5.97 Å². The first kappa shape index (κ1) is 17.0. The summed E-state index contributed by atoms with van der Waals surface area (Å²) in [5, 5.41) is 0. The zero-order valence-electron chi connectivity index (χ0n) is 14.2. The smallest absolute Gasteiger partial charge is 0.343 e. The van der Waals surface area contributed by atoms with Crippen LogP contribution < -0.4 is 14.5 Å². The summed E-state index contributed by atoms with van der Waals surface area (Å²) < 4.78 is 23.8. The molecule has 0 aliphatic carbocycles. The maximum absolute atomic E-state index is 13.9. The molecule has 1 aromatic heterocycles. The van der Waals surface area contributed by atoms with Crippen molar-refractivity contribution in [3.8, 4) is 5.88 Å². The molecule has 0 saturated carbocycles. The molecule has 1 aromatic carbocycles. The van der Waals surface area contributed by atoms with E-state index in [1.165, 1.54) is 20.3 Å². The fourth-order valence-electron chi connectivity index (χ4n) is 2.91. The molecule has 0 bridgehead atoms. The number of pyridine rings is 1. The highest BCUT2D eigenvalue weighted by atomic mass is 19.1. The molecule has 1 aliphatic rings. The number of para-hydroxylation sites is 1. The van der Waals surface area contributed by atoms with Gasteiger partial charge in [0.05, 0.1) is 19.9 Å². The van der Waals surface area contributed by atoms with Gasteiger partial charge in [-0.05, 0) is 24.3 Å². The fourth-order valence-corrected chi connectivity index (χ4v) is 2.91. The molecule has 1 aliphatic heterocycles. The molecule has 1 saturated heterocycles. The Bertz CT molecular complexity index is 761. The molecule has 132 valence electrons. The Kier molecular flexibility index (Phi) is 5.02. The van der Waals surface area contributed by atoms with Gasteiger partial charge in [0.15, 0.2) is 0 Å². The molecule has 3 rings (SSSR count). The van der Waals surface area contributed by atoms with E-state index in [4.69, 9.17) is 9.47 Å². The molecule has 0 amide bonds. The topological polar surface area (TPSA) is 54.9 Å². The normalized spacial score (nSPS) is 14.4. The van der Waals surface area contributed by atoms with Gasteiger partial charge in [0.1, 0.15) is 17.2 Å². The summed E-state index contributed by atoms with van der Waals surface area (Å²) in [6.07, 6.45) is 0. The van der Waals surface area contributed by atoms with Gasteiger partial charge in [0, 0.05) is 26.2 Å². The van der Waals surface area contributed by atoms with Crippen LogP contribution in [-0.4, -0.2) is 51.4 Å². The van der Waals surface area contributed by atoms with Crippen molar-refractivity contribution in [2.45, 2.75) is 0 Å². The monoisotopic (exact) mass is 345 g/mol. The van der Waals surface area contributed by atoms with E-state index >= 15 is 0 Å². The minimum Gasteiger partial charge on any atom is -0.480 e. The number of esters is 1. The van der Waals surface area contributed by atoms with Crippen molar-refractivity contribution < 1.29 is 18.7 Å². The highest BCUT2D eigenvalue weighted by molar-refractivity contribution is 5.92. The van der Waals surface area contributed by atoms with Gasteiger partial charge < -0.3 is 19.3 Å². The maximum atomic E-state index is 13.9. The van der Waals surface area contributed by atoms with Crippen LogP contribution in [0.1, 0.15) is 10.4 Å². The molecule has 1 fully saturated rings. The average Bonchev–Trinajstić information content (AvgIpc) is 2.67. The summed E-state index contributed by atoms with van der Waals surface area (Å²) in [4.78, 5) is 20.2. The van der Waals surface area contributed by atoms with E-state index in [0.717, 1.165) is 5.82 Å². The number of benzene rings is 1. The second-order valence-corrected chi connectivity index (χ2v) is 5.64. The lowest BCUT2D eigenvalue weighted by molar-refractivity contribution is 0.0596. The molecular formula is C18H20FN3O3. The van der Waals surface area contributed by atoms with Gasteiger partial charge in [-0.25, -0.2) is 9.18 Å². The molecule has 0 N–H and O–H groups in total. The third kappa shape index (κ3) is 3.50. The number of nitrogens with zero attached hydrogens (tertiary/aromatic N) is 3. The lowest BCUT2D eigenvalue weighted by atomic mass is 10.2. The third-order valence-electron chi connectivity index (χ3n) is 4.24. The Morgan fingerprint density at radius 1 is 1.04 bits per heavy atom. The molecule has 0 atom stereocenters. The van der Waals surface area contributed by atoms with Crippen LogP contribution in [0.25, 0.3) is 0 Å². The van der Waals surface area contributed by atoms with Crippen molar-refractivity contribution in [2.24, 2.45) is 0 Å². The molecular weight excluding hydrogens is 325 g/mol. The summed E-state index contributed by atoms with van der Waals surface area (Å²) >= 11 is 0. The molecule has 0 unspecified atom stereocenters. The van der Waals surface area contributed by atoms with E-state index < -0.39 is 5.97 Å². The number of anilines is 2. The highest BCUT2D eigenvalue weighted by Gasteiger charge is 2.22. The molecule has 2 heterocycles. The fraction of sp³-hybridized carbons (Fsp3) is 0.333. The Labute approximate surface area is 145 Å². The molecule has 6 nitrogen and oxygen atoms in total. The quantitative estimate of drug-likeness (QED) is 0.793. The number of rotatable bonds is 4. The van der Waals surface area contributed by atoms with Gasteiger partial charge in [-0.15, -0.1) is 0 Å². The lowest BCUT2D eigenvalue weighted by Crippen LogP contribution is -2.47. The number of piperazine rings is 1. The Hall–Kier alpha value is -2.83. The largest absolute Gasteiger partial charge is 0.480 e. The summed E-state index contributed by atoms with van der Waals surface area (Å²) in [7, 11) is 2.78. The van der Waals surface area contributed by atoms with Crippen LogP contribution in [-0.2, 0) is 4.74 Å². The van der Waals surface area contributed by atoms with Crippen molar-refractivity contribution in [1.29, 1.82) is 0 Å². The predicted octanol–water partition coefficient (Wildman–Crippen LogP) is 2.34. The highest BCUT2D eigenvalue weighted by Crippen LogP contribution is 2.25. The zero-order chi connectivity index (χ0) is 17.8. The van der Waals surface area contributed by atoms with Gasteiger partial charge in [0.2, 0.25) is 5.88 Å². The van der Waals surface area contributed by atoms with Crippen LogP contribution in [0.5, 0.6) is 5.88 Å². The van der Waals surface area contributed by atoms with E-state index in [-0.39, 0.29) is 11.7 Å². The lowest BCUT2D eigenvalue weighted by Gasteiger charge is -2.36. The van der Waals surface area contributed by atoms with Crippen LogP contribution in [0.15, 0.2) is 36.4 Å². The predicted molar refractivity (Wildman–Crippen MR) is 93.0 cm³/mol. The molecule has 25 heavy (non-hydrogen) atoms. The van der Waals surface area contributed by atoms with Gasteiger partial charge in [-0.3, -0.25) is 0 Å². The van der Waals surface area contributed by atoms with E-state index in [0.29, 0.717) is 37.4 Å². The number of methoxy groups -OCH3 is 2. The van der Waals surface area contributed by atoms with Crippen LogP contribution in [0.2, 0.25) is 0 Å². The van der Waals surface area contributed by atoms with E-state index in [2.05, 4.69) is 9.88 Å². The number of halogens is 1. The summed E-state index contributed by atoms with van der Waals surface area (Å²) in [6.45, 7) is 2.76. The van der Waals surface area contributed by atoms with E-state index in [1.807, 2.05) is 11.0 Å². The van der Waals surface area contributed by atoms with Crippen LogP contribution in [0.3, 0.4) is 0 Å². The molecule has 7 heteroatoms. The number of aromatic nitrogens is 1. The zero-order valence-corrected chi connectivity index (χ0v) is 14.2. The Morgan fingerprint density at radius 2 is 1.72 bits per heavy atom. The van der Waals surface area contributed by atoms with E-state index in [1.54, 1.807) is 24.3 Å². The standard InChI is InChI=1S/C18H20FN3O3/c1-24-17-13(18(23)25-2)7-8-16(20-17)22-11-9-21(10-12-22)15-6-4-3-5-14(15)19/h3-8H,9-12H2,1-2H3. The van der Waals surface area contributed by atoms with Crippen molar-refractivity contribution in [3.05, 3.63) is 47.8 Å². The number of hydrogen-bond acceptors (Lipinski definition) is 6. The molecule has 2 aromatic rings. The molecule has 0 spiro atoms. The van der Waals surface area contributed by atoms with Crippen molar-refractivity contribution >= 4 is 17.5 Å². The maximum Gasteiger partial charge on any atom is 0.343 e. The van der Waals surface area contributed by atoms with Gasteiger partial charge in [-0.1, -0.05) is 12.1 Å². The second-order valence-electron chi connectivity index (χ2n) is 5.64. The summed E-state index contributed by atoms with van der Waals surface area (Å²) in [5.41, 5.74) is 0.910. The van der Waals surface area contributed by atoms with Gasteiger partial charge in [-0.2, -0.15) is 4.98 Å². The van der Waals surface area contributed by atoms with Crippen LogP contribution in [0, 0.1) is 5.82 Å². The van der Waals surface area contributed by atoms with Gasteiger partial charge in [0.25, 0.3) is 0 Å². The van der Waals surface area contributed by atoms with E-state index in [9.17, 15) is 9.18 Å².